The Labute approximate surface area is 587 Å². The van der Waals surface area contributed by atoms with Gasteiger partial charge >= 0.3 is 29.8 Å². The first-order valence-electron chi connectivity index (χ1n) is 41.3. The highest BCUT2D eigenvalue weighted by molar-refractivity contribution is 5.71. The summed E-state index contributed by atoms with van der Waals surface area (Å²) in [7, 11) is 0. The number of unbranched alkanes of at least 4 members (excludes halogenated alkanes) is 45. The molecule has 14 nitrogen and oxygen atoms in total. The maximum atomic E-state index is 13.3. The Bertz CT molecular complexity index is 1560. The van der Waals surface area contributed by atoms with Crippen LogP contribution in [-0.4, -0.2) is 150 Å². The highest BCUT2D eigenvalue weighted by Gasteiger charge is 2.18. The summed E-state index contributed by atoms with van der Waals surface area (Å²) in [5.74, 6) is -1.01. The number of carbonyl (C=O) groups excluding carboxylic acids is 5. The Balaban J connectivity index is 5.83. The average molecular weight is 1350 g/mol. The standard InChI is InChI=1S/C81H158N4O10/c1-6-11-16-21-26-31-36-41-46-51-72-91-77(86)56-63-83(64-57-78(87)92-73-52-47-42-37-32-27-22-17-12-7-2)68-61-82-62-69-85(67-60-81(90)95-76-55-50-45-40-35-30-25-20-15-10-5)71-70-84(65-58-79(88)93-74-53-48-43-38-33-28-23-18-13-8-3)66-59-80(89)94-75-54-49-44-39-34-29-24-19-14-9-4/h82H,6-76H2,1-5H3. The van der Waals surface area contributed by atoms with E-state index in [2.05, 4.69) is 54.6 Å². The lowest BCUT2D eigenvalue weighted by Crippen LogP contribution is -2.42. The number of ether oxygens (including phenoxy) is 5. The van der Waals surface area contributed by atoms with Crippen molar-refractivity contribution in [1.82, 2.24) is 20.0 Å². The molecule has 0 amide bonds. The summed E-state index contributed by atoms with van der Waals surface area (Å²) in [5.41, 5.74) is 0. The van der Waals surface area contributed by atoms with E-state index in [1.165, 1.54) is 257 Å². The molecule has 0 rings (SSSR count). The zero-order valence-corrected chi connectivity index (χ0v) is 63.6. The molecular weight excluding hydrogens is 1190 g/mol. The van der Waals surface area contributed by atoms with Gasteiger partial charge in [0.25, 0.3) is 0 Å². The lowest BCUT2D eigenvalue weighted by molar-refractivity contribution is -0.146. The van der Waals surface area contributed by atoms with Gasteiger partial charge in [-0.05, 0) is 32.1 Å². The van der Waals surface area contributed by atoms with Gasteiger partial charge in [-0.3, -0.25) is 24.0 Å². The molecule has 0 atom stereocenters. The topological polar surface area (TPSA) is 153 Å². The molecule has 0 spiro atoms. The summed E-state index contributed by atoms with van der Waals surface area (Å²) in [6.07, 6.45) is 62.4. The largest absolute Gasteiger partial charge is 0.466 e. The molecule has 562 valence electrons. The summed E-state index contributed by atoms with van der Waals surface area (Å²) < 4.78 is 28.7. The van der Waals surface area contributed by atoms with Crippen LogP contribution in [0.4, 0.5) is 0 Å². The van der Waals surface area contributed by atoms with Gasteiger partial charge in [-0.1, -0.05) is 324 Å². The Morgan fingerprint density at radius 2 is 0.347 bits per heavy atom. The summed E-state index contributed by atoms with van der Waals surface area (Å²) in [6.45, 7) is 19.8. The molecule has 0 aliphatic heterocycles. The van der Waals surface area contributed by atoms with Gasteiger partial charge in [0.15, 0.2) is 0 Å². The maximum absolute atomic E-state index is 13.3. The zero-order valence-electron chi connectivity index (χ0n) is 63.6. The third kappa shape index (κ3) is 72.3. The van der Waals surface area contributed by atoms with Crippen LogP contribution in [0.2, 0.25) is 0 Å². The number of hydrogen-bond acceptors (Lipinski definition) is 14. The van der Waals surface area contributed by atoms with E-state index in [9.17, 15) is 24.0 Å². The third-order valence-electron chi connectivity index (χ3n) is 18.9. The quantitative estimate of drug-likeness (QED) is 0.0349. The Hall–Kier alpha value is -2.81. The first-order chi connectivity index (χ1) is 46.7. The Morgan fingerprint density at radius 3 is 0.526 bits per heavy atom. The number of hydrogen-bond donors (Lipinski definition) is 1. The summed E-state index contributed by atoms with van der Waals surface area (Å²) in [6, 6.07) is 0. The molecular formula is C81H158N4O10. The molecule has 0 aromatic heterocycles. The van der Waals surface area contributed by atoms with Crippen LogP contribution >= 0.6 is 0 Å². The minimum absolute atomic E-state index is 0.189. The molecule has 0 heterocycles. The predicted octanol–water partition coefficient (Wildman–Crippen LogP) is 20.8. The van der Waals surface area contributed by atoms with Gasteiger partial charge in [0.1, 0.15) is 0 Å². The number of esters is 5. The van der Waals surface area contributed by atoms with Crippen molar-refractivity contribution in [2.75, 3.05) is 105 Å². The monoisotopic (exact) mass is 1350 g/mol. The van der Waals surface area contributed by atoms with Gasteiger partial charge in [-0.25, -0.2) is 0 Å². The number of nitrogens with one attached hydrogen (secondary N) is 1. The van der Waals surface area contributed by atoms with Crippen LogP contribution in [0.15, 0.2) is 0 Å². The fourth-order valence-corrected chi connectivity index (χ4v) is 12.4. The SMILES string of the molecule is CCCCCCCCCCCCOC(=O)CCN(CCNCCN(CCC(=O)OCCCCCCCCCCCC)CCN(CCC(=O)OCCCCCCCCCCCC)CCC(=O)OCCCCCCCCCCCC)CCC(=O)OCCCCCCCCCCCC. The second-order valence-corrected chi connectivity index (χ2v) is 28.0. The Morgan fingerprint density at radius 1 is 0.200 bits per heavy atom. The van der Waals surface area contributed by atoms with Gasteiger partial charge < -0.3 is 43.7 Å². The fraction of sp³-hybridized carbons (Fsp3) is 0.938. The molecule has 0 saturated heterocycles. The van der Waals surface area contributed by atoms with Gasteiger partial charge in [0.05, 0.1) is 65.1 Å². The molecule has 0 aromatic carbocycles. The highest BCUT2D eigenvalue weighted by atomic mass is 16.5. The van der Waals surface area contributed by atoms with E-state index in [1.807, 2.05) is 0 Å². The van der Waals surface area contributed by atoms with Crippen LogP contribution in [-0.2, 0) is 47.7 Å². The fourth-order valence-electron chi connectivity index (χ4n) is 12.4. The molecule has 0 aromatic rings. The lowest BCUT2D eigenvalue weighted by atomic mass is 10.1. The van der Waals surface area contributed by atoms with Crippen molar-refractivity contribution in [3.05, 3.63) is 0 Å². The number of nitrogens with zero attached hydrogens (tertiary/aromatic N) is 3. The minimum atomic E-state index is -0.211. The second kappa shape index (κ2) is 76.9. The molecule has 0 fully saturated rings. The van der Waals surface area contributed by atoms with Crippen LogP contribution in [0.25, 0.3) is 0 Å². The van der Waals surface area contributed by atoms with E-state index in [0.717, 1.165) is 64.2 Å². The predicted molar refractivity (Wildman–Crippen MR) is 399 cm³/mol. The molecule has 0 aliphatic carbocycles. The molecule has 0 aliphatic rings. The minimum Gasteiger partial charge on any atom is -0.466 e. The third-order valence-corrected chi connectivity index (χ3v) is 18.9. The molecule has 0 radical (unpaired) electrons. The molecule has 0 unspecified atom stereocenters. The smallest absolute Gasteiger partial charge is 0.307 e. The highest BCUT2D eigenvalue weighted by Crippen LogP contribution is 2.16. The molecule has 0 saturated carbocycles. The number of rotatable bonds is 79. The first kappa shape index (κ1) is 92.2. The van der Waals surface area contributed by atoms with E-state index in [-0.39, 0.29) is 62.0 Å². The van der Waals surface area contributed by atoms with E-state index in [1.54, 1.807) is 0 Å². The lowest BCUT2D eigenvalue weighted by Gasteiger charge is -2.28. The van der Waals surface area contributed by atoms with Crippen molar-refractivity contribution in [3.63, 3.8) is 0 Å². The second-order valence-electron chi connectivity index (χ2n) is 28.0. The van der Waals surface area contributed by atoms with Gasteiger partial charge in [0, 0.05) is 72.0 Å². The van der Waals surface area contributed by atoms with Crippen molar-refractivity contribution in [1.29, 1.82) is 0 Å². The molecule has 95 heavy (non-hydrogen) atoms. The summed E-state index contributed by atoms with van der Waals surface area (Å²) in [5, 5.41) is 3.63. The van der Waals surface area contributed by atoms with Crippen LogP contribution in [0.5, 0.6) is 0 Å². The number of carbonyl (C=O) groups is 5. The zero-order chi connectivity index (χ0) is 69.1. The van der Waals surface area contributed by atoms with E-state index < -0.39 is 0 Å². The van der Waals surface area contributed by atoms with Crippen LogP contribution in [0.1, 0.15) is 388 Å². The van der Waals surface area contributed by atoms with Gasteiger partial charge in [0.2, 0.25) is 0 Å². The van der Waals surface area contributed by atoms with E-state index in [4.69, 9.17) is 23.7 Å². The average Bonchev–Trinajstić information content (AvgIpc) is 3.51. The molecule has 14 heteroatoms. The first-order valence-corrected chi connectivity index (χ1v) is 41.3. The van der Waals surface area contributed by atoms with Crippen LogP contribution < -0.4 is 5.32 Å². The van der Waals surface area contributed by atoms with Crippen molar-refractivity contribution < 1.29 is 47.7 Å². The van der Waals surface area contributed by atoms with Crippen LogP contribution in [0, 0.1) is 0 Å². The van der Waals surface area contributed by atoms with E-state index >= 15 is 0 Å². The van der Waals surface area contributed by atoms with Crippen LogP contribution in [0.3, 0.4) is 0 Å². The van der Waals surface area contributed by atoms with Crippen molar-refractivity contribution in [2.24, 2.45) is 0 Å². The van der Waals surface area contributed by atoms with E-state index in [0.29, 0.717) is 105 Å². The van der Waals surface area contributed by atoms with Crippen molar-refractivity contribution in [3.8, 4) is 0 Å². The summed E-state index contributed by atoms with van der Waals surface area (Å²) in [4.78, 5) is 72.3. The van der Waals surface area contributed by atoms with Gasteiger partial charge in [-0.2, -0.15) is 0 Å². The molecule has 1 N–H and O–H groups in total. The summed E-state index contributed by atoms with van der Waals surface area (Å²) >= 11 is 0. The molecule has 0 bridgehead atoms. The van der Waals surface area contributed by atoms with Gasteiger partial charge in [-0.15, -0.1) is 0 Å². The Kier molecular flexibility index (Phi) is 74.7. The maximum Gasteiger partial charge on any atom is 0.307 e. The van der Waals surface area contributed by atoms with Crippen molar-refractivity contribution >= 4 is 29.8 Å². The normalized spacial score (nSPS) is 11.6. The van der Waals surface area contributed by atoms with Crippen molar-refractivity contribution in [2.45, 2.75) is 388 Å².